The Morgan fingerprint density at radius 2 is 1.74 bits per heavy atom. The molecule has 1 aromatic carbocycles. The average molecular weight is 1000 g/mol. The van der Waals surface area contributed by atoms with Crippen LogP contribution in [0.2, 0.25) is 0 Å². The van der Waals surface area contributed by atoms with Crippen molar-refractivity contribution in [3.63, 3.8) is 0 Å². The first-order chi connectivity index (χ1) is 32.6. The smallest absolute Gasteiger partial charge is 0.408 e. The van der Waals surface area contributed by atoms with Crippen molar-refractivity contribution >= 4 is 34.0 Å². The van der Waals surface area contributed by atoms with Gasteiger partial charge in [0.1, 0.15) is 53.2 Å². The Hall–Kier alpha value is -4.61. The predicted octanol–water partition coefficient (Wildman–Crippen LogP) is 3.58. The highest BCUT2D eigenvalue weighted by atomic mass is 32.2. The number of aromatic nitrogens is 1. The maximum Gasteiger partial charge on any atom is 0.408 e. The van der Waals surface area contributed by atoms with Gasteiger partial charge < -0.3 is 48.7 Å². The van der Waals surface area contributed by atoms with E-state index in [0.29, 0.717) is 37.1 Å². The topological polar surface area (TPSA) is 239 Å². The van der Waals surface area contributed by atoms with Gasteiger partial charge in [-0.25, -0.2) is 27.2 Å². The van der Waals surface area contributed by atoms with Crippen LogP contribution >= 0.6 is 0 Å². The van der Waals surface area contributed by atoms with Crippen molar-refractivity contribution < 1.29 is 75.4 Å². The minimum absolute atomic E-state index is 0.111. The summed E-state index contributed by atoms with van der Waals surface area (Å²) in [5.74, 6) is -4.77. The molecule has 2 aromatic rings. The highest BCUT2D eigenvalue weighted by molar-refractivity contribution is 7.88. The van der Waals surface area contributed by atoms with Gasteiger partial charge in [-0.1, -0.05) is 39.0 Å². The third-order valence-electron chi connectivity index (χ3n) is 15.5. The fourth-order valence-corrected chi connectivity index (χ4v) is 12.5. The van der Waals surface area contributed by atoms with Gasteiger partial charge in [-0.15, -0.1) is 0 Å². The molecule has 3 aliphatic heterocycles. The van der Waals surface area contributed by atoms with E-state index in [1.807, 2.05) is 11.8 Å². The zero-order chi connectivity index (χ0) is 51.1. The number of carbonyl (C=O) groups is 4. The molecule has 19 nitrogen and oxygen atoms in total. The number of hydrogen-bond acceptors (Lipinski definition) is 17. The fourth-order valence-electron chi connectivity index (χ4n) is 11.9. The first kappa shape index (κ1) is 51.7. The van der Waals surface area contributed by atoms with Gasteiger partial charge in [-0.3, -0.25) is 14.7 Å². The summed E-state index contributed by atoms with van der Waals surface area (Å²) in [4.78, 5) is 61.5. The van der Waals surface area contributed by atoms with Crippen molar-refractivity contribution in [2.24, 2.45) is 16.7 Å². The lowest BCUT2D eigenvalue weighted by Gasteiger charge is -2.68. The molecule has 0 unspecified atom stereocenters. The quantitative estimate of drug-likeness (QED) is 0.156. The molecule has 3 aliphatic carbocycles. The largest absolute Gasteiger partial charge is 0.456 e. The van der Waals surface area contributed by atoms with Crippen molar-refractivity contribution in [2.75, 3.05) is 39.5 Å². The maximum atomic E-state index is 15.4. The van der Waals surface area contributed by atoms with Crippen molar-refractivity contribution in [3.05, 3.63) is 76.9 Å². The lowest BCUT2D eigenvalue weighted by Crippen LogP contribution is -2.79. The maximum absolute atomic E-state index is 15.4. The molecule has 3 saturated heterocycles. The second-order valence-corrected chi connectivity index (χ2v) is 23.5. The van der Waals surface area contributed by atoms with E-state index in [-0.39, 0.29) is 24.8 Å². The Morgan fingerprint density at radius 3 is 2.34 bits per heavy atom. The molecule has 3 N–H and O–H groups in total. The summed E-state index contributed by atoms with van der Waals surface area (Å²) in [6.07, 6.45) is -7.11. The van der Waals surface area contributed by atoms with E-state index >= 15 is 4.39 Å². The standard InChI is InChI=1S/C49H65FN4O15S/c1-26-31(64-43(58)37(56)36(35-30(50)17-14-20-51-35)52-44(59)69-45(3,4)5)21-49(60)41(67-42(57)28-15-12-11-13-16-28)39-47(8,19-18-32-48(39,25-63-32)68-27(2)55)40-38(34(26)46(49,6)7)65-33(66-40)24-54-22-29(23-54)53(9)70(10,61)62/h11-17,20,29,31-33,36-41,56,60H,18-19,21-25H2,1-10H3,(H,52,59)/t31-,32+,33+,36-,37+,38+,39-,40+,41-,47+,48-,49+/m0/s1. The van der Waals surface area contributed by atoms with Crippen LogP contribution < -0.4 is 5.32 Å². The Balaban J connectivity index is 1.25. The van der Waals surface area contributed by atoms with Crippen molar-refractivity contribution in [1.82, 2.24) is 19.5 Å². The number of halogens is 1. The SMILES string of the molecule is CC(=O)O[C@@]12CO[C@@H]1CC[C@@]1(C)[C@@H]3O[C@H](CN4CC(N(C)S(C)(=O)=O)C4)O[C@@H]3C3=C(C)[C@@H](OC(=O)[C@H](O)[C@@H](NC(=O)OC(C)(C)C)c4ncccc4F)C[C@@](O)([C@@H](OC(=O)c4ccccc4)[C@@H]12)C3(C)C. The van der Waals surface area contributed by atoms with Crippen LogP contribution in [0, 0.1) is 22.6 Å². The zero-order valence-corrected chi connectivity index (χ0v) is 42.0. The molecule has 6 aliphatic rings. The van der Waals surface area contributed by atoms with Gasteiger partial charge >= 0.3 is 24.0 Å². The number of fused-ring (bicyclic) bond motifs is 8. The number of benzene rings is 1. The molecular weight excluding hydrogens is 936 g/mol. The Morgan fingerprint density at radius 1 is 1.06 bits per heavy atom. The van der Waals surface area contributed by atoms with E-state index in [4.69, 9.17) is 33.2 Å². The van der Waals surface area contributed by atoms with Crippen molar-refractivity contribution in [1.29, 1.82) is 0 Å². The number of carbonyl (C=O) groups excluding carboxylic acids is 4. The van der Waals surface area contributed by atoms with E-state index in [1.165, 1.54) is 30.5 Å². The Labute approximate surface area is 407 Å². The third kappa shape index (κ3) is 9.13. The normalized spacial score (nSPS) is 33.7. The monoisotopic (exact) mass is 1000 g/mol. The summed E-state index contributed by atoms with van der Waals surface area (Å²) >= 11 is 0. The number of aliphatic hydroxyl groups excluding tert-OH is 1. The number of sulfonamides is 1. The van der Waals surface area contributed by atoms with Crippen LogP contribution in [0.15, 0.2) is 59.8 Å². The summed E-state index contributed by atoms with van der Waals surface area (Å²) in [5.41, 5.74) is -6.67. The number of amides is 1. The molecule has 4 heterocycles. The molecule has 2 saturated carbocycles. The van der Waals surface area contributed by atoms with Gasteiger partial charge in [0.2, 0.25) is 10.0 Å². The molecule has 70 heavy (non-hydrogen) atoms. The molecule has 8 rings (SSSR count). The number of esters is 3. The summed E-state index contributed by atoms with van der Waals surface area (Å²) < 4.78 is 86.3. The number of hydrogen-bond donors (Lipinski definition) is 3. The van der Waals surface area contributed by atoms with Crippen LogP contribution in [0.1, 0.15) is 96.7 Å². The van der Waals surface area contributed by atoms with E-state index < -0.39 is 134 Å². The minimum Gasteiger partial charge on any atom is -0.456 e. The van der Waals surface area contributed by atoms with Gasteiger partial charge in [0.15, 0.2) is 18.0 Å². The molecule has 384 valence electrons. The number of likely N-dealkylation sites (N-methyl/N-ethyl adjacent to an activating group) is 1. The van der Waals surface area contributed by atoms with Crippen LogP contribution in [0.4, 0.5) is 9.18 Å². The number of aliphatic hydroxyl groups is 2. The number of rotatable bonds is 12. The van der Waals surface area contributed by atoms with Crippen molar-refractivity contribution in [3.8, 4) is 0 Å². The first-order valence-corrected chi connectivity index (χ1v) is 25.4. The third-order valence-corrected chi connectivity index (χ3v) is 16.9. The van der Waals surface area contributed by atoms with Crippen LogP contribution in [0.5, 0.6) is 0 Å². The molecule has 1 amide bonds. The molecule has 1 aromatic heterocycles. The highest BCUT2D eigenvalue weighted by Crippen LogP contribution is 2.66. The van der Waals surface area contributed by atoms with Crippen LogP contribution in [0.3, 0.4) is 0 Å². The lowest BCUT2D eigenvalue weighted by molar-refractivity contribution is -0.345. The van der Waals surface area contributed by atoms with Gasteiger partial charge in [0, 0.05) is 63.1 Å². The first-order valence-electron chi connectivity index (χ1n) is 23.6. The second-order valence-electron chi connectivity index (χ2n) is 21.5. The zero-order valence-electron chi connectivity index (χ0n) is 41.2. The van der Waals surface area contributed by atoms with E-state index in [2.05, 4.69) is 10.3 Å². The summed E-state index contributed by atoms with van der Waals surface area (Å²) in [6, 6.07) is 8.43. The minimum atomic E-state index is -3.46. The molecule has 0 spiro atoms. The number of nitrogens with one attached hydrogen (secondary N) is 1. The summed E-state index contributed by atoms with van der Waals surface area (Å²) in [5, 5.41) is 28.2. The van der Waals surface area contributed by atoms with Crippen LogP contribution in [0.25, 0.3) is 0 Å². The van der Waals surface area contributed by atoms with Gasteiger partial charge in [-0.2, -0.15) is 4.31 Å². The van der Waals surface area contributed by atoms with E-state index in [9.17, 15) is 37.8 Å². The van der Waals surface area contributed by atoms with Crippen LogP contribution in [-0.2, 0) is 52.8 Å². The Bertz CT molecular complexity index is 2520. The molecule has 5 fully saturated rings. The van der Waals surface area contributed by atoms with Crippen LogP contribution in [-0.4, -0.2) is 162 Å². The highest BCUT2D eigenvalue weighted by Gasteiger charge is 2.77. The Kier molecular flexibility index (Phi) is 13.6. The molecule has 0 radical (unpaired) electrons. The fraction of sp³-hybridized carbons (Fsp3) is 0.653. The van der Waals surface area contributed by atoms with Gasteiger partial charge in [-0.05, 0) is 75.9 Å². The number of pyridine rings is 1. The number of ether oxygens (including phenoxy) is 7. The van der Waals surface area contributed by atoms with Gasteiger partial charge in [0.05, 0.1) is 30.4 Å². The van der Waals surface area contributed by atoms with Gasteiger partial charge in [0.25, 0.3) is 0 Å². The predicted molar refractivity (Wildman–Crippen MR) is 245 cm³/mol. The lowest BCUT2D eigenvalue weighted by atomic mass is 9.45. The number of alkyl carbamates (subject to hydrolysis) is 1. The number of likely N-dealkylation sites (tertiary alicyclic amines) is 1. The number of nitrogens with zero attached hydrogens (tertiary/aromatic N) is 3. The summed E-state index contributed by atoms with van der Waals surface area (Å²) in [7, 11) is -1.93. The van der Waals surface area contributed by atoms with Crippen molar-refractivity contribution in [2.45, 2.75) is 146 Å². The molecule has 12 atom stereocenters. The van der Waals surface area contributed by atoms with E-state index in [0.717, 1.165) is 12.3 Å². The molecule has 2 bridgehead atoms. The molecule has 21 heteroatoms. The molecular formula is C49H65FN4O15S. The van der Waals surface area contributed by atoms with E-state index in [1.54, 1.807) is 71.9 Å². The average Bonchev–Trinajstić information content (AvgIpc) is 3.66. The second kappa shape index (κ2) is 18.5. The summed E-state index contributed by atoms with van der Waals surface area (Å²) in [6.45, 7) is 14.1.